The van der Waals surface area contributed by atoms with Crippen molar-refractivity contribution in [1.29, 1.82) is 0 Å². The molecule has 2 amide bonds. The molecule has 0 bridgehead atoms. The average molecular weight is 419 g/mol. The van der Waals surface area contributed by atoms with Crippen LogP contribution in [-0.2, 0) is 16.1 Å². The molecule has 0 heterocycles. The highest BCUT2D eigenvalue weighted by Gasteiger charge is 2.27. The van der Waals surface area contributed by atoms with Gasteiger partial charge in [0, 0.05) is 12.6 Å². The van der Waals surface area contributed by atoms with Crippen molar-refractivity contribution < 1.29 is 19.1 Å². The first-order chi connectivity index (χ1) is 13.8. The van der Waals surface area contributed by atoms with Gasteiger partial charge in [-0.25, -0.2) is 0 Å². The SMILES string of the molecule is COc1ccc(CN(C(=O)COc2ccccc2Cl)[C@@H](C)C(=O)NC(C)C)cc1. The molecule has 29 heavy (non-hydrogen) atoms. The lowest BCUT2D eigenvalue weighted by molar-refractivity contribution is -0.142. The maximum Gasteiger partial charge on any atom is 0.261 e. The number of benzene rings is 2. The number of hydrogen-bond donors (Lipinski definition) is 1. The van der Waals surface area contributed by atoms with E-state index in [1.54, 1.807) is 38.3 Å². The topological polar surface area (TPSA) is 67.9 Å². The summed E-state index contributed by atoms with van der Waals surface area (Å²) in [5.41, 5.74) is 0.876. The number of nitrogens with one attached hydrogen (secondary N) is 1. The molecule has 2 aromatic carbocycles. The zero-order valence-corrected chi connectivity index (χ0v) is 17.9. The number of halogens is 1. The van der Waals surface area contributed by atoms with Crippen LogP contribution in [0.5, 0.6) is 11.5 Å². The Morgan fingerprint density at radius 2 is 1.72 bits per heavy atom. The van der Waals surface area contributed by atoms with Gasteiger partial charge in [-0.2, -0.15) is 0 Å². The number of ether oxygens (including phenoxy) is 2. The maximum absolute atomic E-state index is 12.9. The van der Waals surface area contributed by atoms with E-state index in [9.17, 15) is 9.59 Å². The number of amides is 2. The molecule has 0 aliphatic heterocycles. The standard InChI is InChI=1S/C22H27ClN2O4/c1-15(2)24-22(27)16(3)25(13-17-9-11-18(28-4)12-10-17)21(26)14-29-20-8-6-5-7-19(20)23/h5-12,15-16H,13-14H2,1-4H3,(H,24,27)/t16-/m0/s1. The molecule has 0 unspecified atom stereocenters. The summed E-state index contributed by atoms with van der Waals surface area (Å²) in [5.74, 6) is 0.609. The van der Waals surface area contributed by atoms with Crippen molar-refractivity contribution in [2.24, 2.45) is 0 Å². The van der Waals surface area contributed by atoms with Crippen LogP contribution < -0.4 is 14.8 Å². The first kappa shape index (κ1) is 22.6. The second-order valence-corrected chi connectivity index (χ2v) is 7.34. The quantitative estimate of drug-likeness (QED) is 0.674. The minimum absolute atomic E-state index is 0.0257. The summed E-state index contributed by atoms with van der Waals surface area (Å²) in [5, 5.41) is 3.27. The van der Waals surface area contributed by atoms with E-state index in [1.165, 1.54) is 4.90 Å². The van der Waals surface area contributed by atoms with Crippen molar-refractivity contribution in [2.75, 3.05) is 13.7 Å². The summed E-state index contributed by atoms with van der Waals surface area (Å²) in [6.45, 7) is 5.50. The molecule has 0 aliphatic carbocycles. The highest BCUT2D eigenvalue weighted by atomic mass is 35.5. The van der Waals surface area contributed by atoms with Crippen LogP contribution in [0.3, 0.4) is 0 Å². The van der Waals surface area contributed by atoms with Crippen molar-refractivity contribution in [1.82, 2.24) is 10.2 Å². The third kappa shape index (κ3) is 6.68. The van der Waals surface area contributed by atoms with E-state index in [-0.39, 0.29) is 31.0 Å². The molecule has 2 rings (SSSR count). The molecule has 0 aliphatic rings. The molecule has 7 heteroatoms. The lowest BCUT2D eigenvalue weighted by Gasteiger charge is -2.29. The Morgan fingerprint density at radius 1 is 1.07 bits per heavy atom. The largest absolute Gasteiger partial charge is 0.497 e. The summed E-state index contributed by atoms with van der Waals surface area (Å²) < 4.78 is 10.8. The molecule has 0 saturated heterocycles. The average Bonchev–Trinajstić information content (AvgIpc) is 2.70. The van der Waals surface area contributed by atoms with E-state index in [4.69, 9.17) is 21.1 Å². The van der Waals surface area contributed by atoms with Crippen LogP contribution in [0.15, 0.2) is 48.5 Å². The van der Waals surface area contributed by atoms with Crippen LogP contribution >= 0.6 is 11.6 Å². The summed E-state index contributed by atoms with van der Waals surface area (Å²) in [6, 6.07) is 13.6. The van der Waals surface area contributed by atoms with E-state index >= 15 is 0 Å². The van der Waals surface area contributed by atoms with Crippen LogP contribution in [0.25, 0.3) is 0 Å². The minimum Gasteiger partial charge on any atom is -0.497 e. The molecule has 0 saturated carbocycles. The number of nitrogens with zero attached hydrogens (tertiary/aromatic N) is 1. The molecule has 0 fully saturated rings. The van der Waals surface area contributed by atoms with Crippen LogP contribution in [-0.4, -0.2) is 42.5 Å². The van der Waals surface area contributed by atoms with Gasteiger partial charge in [0.2, 0.25) is 5.91 Å². The van der Waals surface area contributed by atoms with Crippen LogP contribution in [0.2, 0.25) is 5.02 Å². The van der Waals surface area contributed by atoms with Gasteiger partial charge in [0.1, 0.15) is 17.5 Å². The van der Waals surface area contributed by atoms with Gasteiger partial charge in [-0.1, -0.05) is 35.9 Å². The predicted molar refractivity (Wildman–Crippen MR) is 113 cm³/mol. The molecule has 2 aromatic rings. The first-order valence-corrected chi connectivity index (χ1v) is 9.79. The predicted octanol–water partition coefficient (Wildman–Crippen LogP) is 3.67. The molecule has 0 spiro atoms. The van der Waals surface area contributed by atoms with Gasteiger partial charge >= 0.3 is 0 Å². The fourth-order valence-corrected chi connectivity index (χ4v) is 2.89. The minimum atomic E-state index is -0.665. The van der Waals surface area contributed by atoms with Gasteiger partial charge in [-0.3, -0.25) is 9.59 Å². The molecular weight excluding hydrogens is 392 g/mol. The summed E-state index contributed by atoms with van der Waals surface area (Å²) in [4.78, 5) is 27.0. The summed E-state index contributed by atoms with van der Waals surface area (Å²) in [7, 11) is 1.59. The zero-order chi connectivity index (χ0) is 21.4. The second-order valence-electron chi connectivity index (χ2n) is 6.93. The van der Waals surface area contributed by atoms with Crippen LogP contribution in [0, 0.1) is 0 Å². The van der Waals surface area contributed by atoms with E-state index in [0.29, 0.717) is 10.8 Å². The number of hydrogen-bond acceptors (Lipinski definition) is 4. The first-order valence-electron chi connectivity index (χ1n) is 9.42. The number of carbonyl (C=O) groups excluding carboxylic acids is 2. The maximum atomic E-state index is 12.9. The third-order valence-electron chi connectivity index (χ3n) is 4.30. The third-order valence-corrected chi connectivity index (χ3v) is 4.61. The Labute approximate surface area is 176 Å². The fraction of sp³-hybridized carbons (Fsp3) is 0.364. The van der Waals surface area contributed by atoms with E-state index in [1.807, 2.05) is 38.1 Å². The van der Waals surface area contributed by atoms with Crippen molar-refractivity contribution in [2.45, 2.75) is 39.4 Å². The van der Waals surface area contributed by atoms with Gasteiger partial charge in [-0.05, 0) is 50.6 Å². The molecule has 156 valence electrons. The smallest absolute Gasteiger partial charge is 0.261 e. The highest BCUT2D eigenvalue weighted by molar-refractivity contribution is 6.32. The van der Waals surface area contributed by atoms with Gasteiger partial charge in [-0.15, -0.1) is 0 Å². The Bertz CT molecular complexity index is 824. The van der Waals surface area contributed by atoms with E-state index < -0.39 is 6.04 Å². The monoisotopic (exact) mass is 418 g/mol. The molecule has 0 radical (unpaired) electrons. The Balaban J connectivity index is 2.16. The van der Waals surface area contributed by atoms with Gasteiger partial charge in [0.15, 0.2) is 6.61 Å². The number of carbonyl (C=O) groups is 2. The zero-order valence-electron chi connectivity index (χ0n) is 17.1. The molecule has 6 nitrogen and oxygen atoms in total. The van der Waals surface area contributed by atoms with Crippen molar-refractivity contribution in [3.05, 3.63) is 59.1 Å². The highest BCUT2D eigenvalue weighted by Crippen LogP contribution is 2.23. The summed E-state index contributed by atoms with van der Waals surface area (Å²) >= 11 is 6.09. The van der Waals surface area contributed by atoms with Crippen molar-refractivity contribution in [3.63, 3.8) is 0 Å². The molecule has 0 aromatic heterocycles. The number of para-hydroxylation sites is 1. The summed E-state index contributed by atoms with van der Waals surface area (Å²) in [6.07, 6.45) is 0. The lowest BCUT2D eigenvalue weighted by atomic mass is 10.1. The number of rotatable bonds is 9. The van der Waals surface area contributed by atoms with E-state index in [2.05, 4.69) is 5.32 Å². The fourth-order valence-electron chi connectivity index (χ4n) is 2.70. The molecule has 1 atom stereocenters. The Hall–Kier alpha value is -2.73. The van der Waals surface area contributed by atoms with Gasteiger partial charge < -0.3 is 19.7 Å². The number of methoxy groups -OCH3 is 1. The Morgan fingerprint density at radius 3 is 2.31 bits per heavy atom. The van der Waals surface area contributed by atoms with Crippen molar-refractivity contribution >= 4 is 23.4 Å². The van der Waals surface area contributed by atoms with Gasteiger partial charge in [0.25, 0.3) is 5.91 Å². The lowest BCUT2D eigenvalue weighted by Crippen LogP contribution is -2.50. The van der Waals surface area contributed by atoms with E-state index in [0.717, 1.165) is 11.3 Å². The molecular formula is C22H27ClN2O4. The Kier molecular flexibility index (Phi) is 8.34. The molecule has 1 N–H and O–H groups in total. The van der Waals surface area contributed by atoms with Crippen LogP contribution in [0.1, 0.15) is 26.3 Å². The second kappa shape index (κ2) is 10.7. The van der Waals surface area contributed by atoms with Crippen molar-refractivity contribution in [3.8, 4) is 11.5 Å². The van der Waals surface area contributed by atoms with Crippen LogP contribution in [0.4, 0.5) is 0 Å². The normalized spacial score (nSPS) is 11.7. The van der Waals surface area contributed by atoms with Gasteiger partial charge in [0.05, 0.1) is 12.1 Å².